The van der Waals surface area contributed by atoms with E-state index in [1.165, 1.54) is 11.8 Å². The number of benzene rings is 2. The van der Waals surface area contributed by atoms with Gasteiger partial charge in [-0.1, -0.05) is 41.0 Å². The van der Waals surface area contributed by atoms with Crippen molar-refractivity contribution in [3.05, 3.63) is 52.0 Å². The van der Waals surface area contributed by atoms with E-state index < -0.39 is 0 Å². The van der Waals surface area contributed by atoms with Gasteiger partial charge in [0.25, 0.3) is 0 Å². The lowest BCUT2D eigenvalue weighted by Crippen LogP contribution is -1.92. The molecular weight excluding hydrogens is 287 g/mol. The summed E-state index contributed by atoms with van der Waals surface area (Å²) in [5.41, 5.74) is 6.86. The van der Waals surface area contributed by atoms with E-state index >= 15 is 0 Å². The van der Waals surface area contributed by atoms with Gasteiger partial charge in [-0.3, -0.25) is 0 Å². The molecule has 0 aliphatic rings. The molecule has 90 valence electrons. The Hall–Kier alpha value is -1.34. The minimum Gasteiger partial charge on any atom is -0.397 e. The molecule has 0 heterocycles. The molecule has 0 aliphatic heterocycles. The first-order valence-electron chi connectivity index (χ1n) is 5.03. The van der Waals surface area contributed by atoms with Gasteiger partial charge < -0.3 is 5.73 Å². The Morgan fingerprint density at radius 3 is 2.56 bits per heavy atom. The number of nitriles is 1. The van der Waals surface area contributed by atoms with Crippen LogP contribution in [0.2, 0.25) is 10.0 Å². The summed E-state index contributed by atoms with van der Waals surface area (Å²) in [5, 5.41) is 9.92. The van der Waals surface area contributed by atoms with Gasteiger partial charge in [-0.05, 0) is 30.3 Å². The number of anilines is 1. The second-order valence-electron chi connectivity index (χ2n) is 3.51. The lowest BCUT2D eigenvalue weighted by molar-refractivity contribution is 1.38. The Kier molecular flexibility index (Phi) is 4.03. The predicted molar refractivity (Wildman–Crippen MR) is 76.2 cm³/mol. The quantitative estimate of drug-likeness (QED) is 0.824. The van der Waals surface area contributed by atoms with E-state index in [9.17, 15) is 0 Å². The Balaban J connectivity index is 2.35. The third kappa shape index (κ3) is 2.73. The Morgan fingerprint density at radius 2 is 1.89 bits per heavy atom. The zero-order chi connectivity index (χ0) is 13.1. The summed E-state index contributed by atoms with van der Waals surface area (Å²) >= 11 is 13.3. The van der Waals surface area contributed by atoms with Gasteiger partial charge in [-0.25, -0.2) is 0 Å². The Bertz CT molecular complexity index is 635. The van der Waals surface area contributed by atoms with Crippen LogP contribution in [0.4, 0.5) is 5.69 Å². The monoisotopic (exact) mass is 294 g/mol. The molecule has 0 radical (unpaired) electrons. The molecule has 0 saturated heterocycles. The number of para-hydroxylation sites is 1. The van der Waals surface area contributed by atoms with Gasteiger partial charge >= 0.3 is 0 Å². The molecular formula is C13H8Cl2N2S. The summed E-state index contributed by atoms with van der Waals surface area (Å²) in [5.74, 6) is 0. The molecule has 18 heavy (non-hydrogen) atoms. The van der Waals surface area contributed by atoms with Crippen molar-refractivity contribution in [2.24, 2.45) is 0 Å². The van der Waals surface area contributed by atoms with Gasteiger partial charge in [0.1, 0.15) is 6.07 Å². The average Bonchev–Trinajstić information content (AvgIpc) is 2.36. The molecule has 0 bridgehead atoms. The van der Waals surface area contributed by atoms with Crippen LogP contribution in [0.25, 0.3) is 0 Å². The second kappa shape index (κ2) is 5.53. The third-order valence-electron chi connectivity index (χ3n) is 2.31. The van der Waals surface area contributed by atoms with Crippen molar-refractivity contribution < 1.29 is 0 Å². The molecule has 0 atom stereocenters. The van der Waals surface area contributed by atoms with E-state index in [2.05, 4.69) is 6.07 Å². The summed E-state index contributed by atoms with van der Waals surface area (Å²) < 4.78 is 0. The first-order chi connectivity index (χ1) is 8.61. The van der Waals surface area contributed by atoms with E-state index in [4.69, 9.17) is 34.2 Å². The fraction of sp³-hybridized carbons (Fsp3) is 0. The van der Waals surface area contributed by atoms with Crippen LogP contribution in [0, 0.1) is 11.3 Å². The van der Waals surface area contributed by atoms with Crippen LogP contribution < -0.4 is 5.73 Å². The van der Waals surface area contributed by atoms with Crippen LogP contribution in [0.3, 0.4) is 0 Å². The van der Waals surface area contributed by atoms with E-state index in [-0.39, 0.29) is 0 Å². The van der Waals surface area contributed by atoms with Gasteiger partial charge in [0.15, 0.2) is 0 Å². The molecule has 0 aromatic heterocycles. The highest BCUT2D eigenvalue weighted by molar-refractivity contribution is 7.99. The Morgan fingerprint density at radius 1 is 1.11 bits per heavy atom. The molecule has 2 aromatic rings. The number of halogens is 2. The first-order valence-corrected chi connectivity index (χ1v) is 6.60. The van der Waals surface area contributed by atoms with Crippen LogP contribution in [0.1, 0.15) is 5.56 Å². The van der Waals surface area contributed by atoms with Crippen molar-refractivity contribution in [3.63, 3.8) is 0 Å². The van der Waals surface area contributed by atoms with Crippen LogP contribution in [-0.2, 0) is 0 Å². The van der Waals surface area contributed by atoms with Crippen molar-refractivity contribution in [3.8, 4) is 6.07 Å². The molecule has 2 N–H and O–H groups in total. The van der Waals surface area contributed by atoms with Crippen LogP contribution in [-0.4, -0.2) is 0 Å². The van der Waals surface area contributed by atoms with Gasteiger partial charge in [-0.15, -0.1) is 0 Å². The summed E-state index contributed by atoms with van der Waals surface area (Å²) in [4.78, 5) is 1.75. The molecule has 0 aliphatic carbocycles. The number of rotatable bonds is 2. The van der Waals surface area contributed by atoms with Crippen LogP contribution in [0.5, 0.6) is 0 Å². The van der Waals surface area contributed by atoms with Crippen LogP contribution in [0.15, 0.2) is 46.2 Å². The topological polar surface area (TPSA) is 49.8 Å². The van der Waals surface area contributed by atoms with Crippen molar-refractivity contribution in [2.75, 3.05) is 5.73 Å². The second-order valence-corrected chi connectivity index (χ2v) is 5.44. The summed E-state index contributed by atoms with van der Waals surface area (Å²) in [6, 6.07) is 12.8. The van der Waals surface area contributed by atoms with Crippen molar-refractivity contribution >= 4 is 40.7 Å². The van der Waals surface area contributed by atoms with E-state index in [1.807, 2.05) is 12.1 Å². The maximum absolute atomic E-state index is 8.91. The van der Waals surface area contributed by atoms with E-state index in [0.717, 1.165) is 9.79 Å². The van der Waals surface area contributed by atoms with Gasteiger partial charge in [0, 0.05) is 9.79 Å². The highest BCUT2D eigenvalue weighted by Gasteiger charge is 2.07. The zero-order valence-electron chi connectivity index (χ0n) is 9.15. The molecule has 0 saturated carbocycles. The summed E-state index contributed by atoms with van der Waals surface area (Å²) in [6.07, 6.45) is 0. The average molecular weight is 295 g/mol. The highest BCUT2D eigenvalue weighted by Crippen LogP contribution is 2.36. The minimum atomic E-state index is 0.472. The molecule has 0 amide bonds. The molecule has 2 aromatic carbocycles. The maximum atomic E-state index is 8.91. The number of hydrogen-bond acceptors (Lipinski definition) is 3. The lowest BCUT2D eigenvalue weighted by Gasteiger charge is -2.07. The maximum Gasteiger partial charge on any atom is 0.101 e. The minimum absolute atomic E-state index is 0.472. The molecule has 2 rings (SSSR count). The van der Waals surface area contributed by atoms with Crippen molar-refractivity contribution in [1.29, 1.82) is 5.26 Å². The summed E-state index contributed by atoms with van der Waals surface area (Å²) in [6.45, 7) is 0. The van der Waals surface area contributed by atoms with E-state index in [0.29, 0.717) is 21.3 Å². The third-order valence-corrected chi connectivity index (χ3v) is 4.11. The number of nitrogens with zero attached hydrogens (tertiary/aromatic N) is 1. The van der Waals surface area contributed by atoms with E-state index in [1.54, 1.807) is 24.3 Å². The van der Waals surface area contributed by atoms with Crippen molar-refractivity contribution in [2.45, 2.75) is 9.79 Å². The summed E-state index contributed by atoms with van der Waals surface area (Å²) in [7, 11) is 0. The SMILES string of the molecule is N#Cc1cccc(Sc2ccc(Cl)c(Cl)c2)c1N. The molecule has 5 heteroatoms. The fourth-order valence-corrected chi connectivity index (χ4v) is 2.69. The standard InChI is InChI=1S/C13H8Cl2N2S/c14-10-5-4-9(6-11(10)15)18-12-3-1-2-8(7-16)13(12)17/h1-6H,17H2. The number of nitrogens with two attached hydrogens (primary N) is 1. The van der Waals surface area contributed by atoms with Crippen molar-refractivity contribution in [1.82, 2.24) is 0 Å². The van der Waals surface area contributed by atoms with Gasteiger partial charge in [-0.2, -0.15) is 5.26 Å². The lowest BCUT2D eigenvalue weighted by atomic mass is 10.2. The number of hydrogen-bond donors (Lipinski definition) is 1. The predicted octanol–water partition coefficient (Wildman–Crippen LogP) is 4.60. The largest absolute Gasteiger partial charge is 0.397 e. The smallest absolute Gasteiger partial charge is 0.101 e. The van der Waals surface area contributed by atoms with Gasteiger partial charge in [0.2, 0.25) is 0 Å². The zero-order valence-corrected chi connectivity index (χ0v) is 11.5. The highest BCUT2D eigenvalue weighted by atomic mass is 35.5. The Labute approximate surface area is 119 Å². The normalized spacial score (nSPS) is 10.1. The molecule has 0 unspecified atom stereocenters. The van der Waals surface area contributed by atoms with Gasteiger partial charge in [0.05, 0.1) is 21.3 Å². The molecule has 2 nitrogen and oxygen atoms in total. The molecule has 0 spiro atoms. The number of nitrogen functional groups attached to an aromatic ring is 1. The molecule has 0 fully saturated rings. The first kappa shape index (κ1) is 13.1. The fourth-order valence-electron chi connectivity index (χ4n) is 1.40. The van der Waals surface area contributed by atoms with Crippen LogP contribution >= 0.6 is 35.0 Å².